The number of rotatable bonds is 16. The van der Waals surface area contributed by atoms with E-state index in [-0.39, 0.29) is 0 Å². The van der Waals surface area contributed by atoms with Crippen LogP contribution in [0.25, 0.3) is 0 Å². The maximum atomic E-state index is 5.51. The Morgan fingerprint density at radius 3 is 2.21 bits per heavy atom. The molecule has 0 aliphatic heterocycles. The summed E-state index contributed by atoms with van der Waals surface area (Å²) in [6.07, 6.45) is 3.90. The Kier molecular flexibility index (Phi) is 11.3. The van der Waals surface area contributed by atoms with E-state index in [0.29, 0.717) is 63.9 Å². The zero-order chi connectivity index (χ0) is 20.6. The maximum absolute atomic E-state index is 5.51. The largest absolute Gasteiger partial charge is 0.378 e. The molecule has 0 aliphatic rings. The average molecular weight is 405 g/mol. The molecule has 0 fully saturated rings. The lowest BCUT2D eigenvalue weighted by atomic mass is 10.3. The van der Waals surface area contributed by atoms with E-state index in [1.807, 2.05) is 18.2 Å². The summed E-state index contributed by atoms with van der Waals surface area (Å²) in [5, 5.41) is 9.61. The van der Waals surface area contributed by atoms with Crippen LogP contribution in [0, 0.1) is 0 Å². The number of nitrogens with zero attached hydrogens (tertiary/aromatic N) is 4. The Morgan fingerprint density at radius 2 is 1.55 bits per heavy atom. The van der Waals surface area contributed by atoms with Gasteiger partial charge in [-0.3, -0.25) is 4.98 Å². The van der Waals surface area contributed by atoms with E-state index in [0.717, 1.165) is 25.1 Å². The van der Waals surface area contributed by atoms with Gasteiger partial charge in [0.25, 0.3) is 0 Å². The third-order valence-corrected chi connectivity index (χ3v) is 3.77. The number of unbranched alkanes of at least 4 members (excludes halogenated alkanes) is 1. The van der Waals surface area contributed by atoms with Crippen LogP contribution in [0.15, 0.2) is 24.4 Å². The Morgan fingerprint density at radius 1 is 0.862 bits per heavy atom. The molecular weight excluding hydrogens is 372 g/mol. The normalized spacial score (nSPS) is 10.7. The van der Waals surface area contributed by atoms with Crippen molar-refractivity contribution in [3.8, 4) is 0 Å². The van der Waals surface area contributed by atoms with Crippen LogP contribution >= 0.6 is 0 Å². The number of nitrogens with two attached hydrogens (primary N) is 1. The van der Waals surface area contributed by atoms with Gasteiger partial charge >= 0.3 is 0 Å². The summed E-state index contributed by atoms with van der Waals surface area (Å²) < 4.78 is 10.8. The third kappa shape index (κ3) is 9.97. The monoisotopic (exact) mass is 404 g/mol. The molecule has 0 atom stereocenters. The van der Waals surface area contributed by atoms with Crippen molar-refractivity contribution in [1.82, 2.24) is 19.9 Å². The Labute approximate surface area is 172 Å². The fraction of sp³-hybridized carbons (Fsp3) is 0.579. The van der Waals surface area contributed by atoms with Crippen molar-refractivity contribution in [2.75, 3.05) is 62.0 Å². The molecule has 10 nitrogen and oxygen atoms in total. The fourth-order valence-electron chi connectivity index (χ4n) is 2.30. The lowest BCUT2D eigenvalue weighted by molar-refractivity contribution is 0.0547. The first-order valence-electron chi connectivity index (χ1n) is 10.0. The van der Waals surface area contributed by atoms with Crippen LogP contribution < -0.4 is 21.7 Å². The van der Waals surface area contributed by atoms with E-state index in [2.05, 4.69) is 42.8 Å². The second-order valence-corrected chi connectivity index (χ2v) is 6.20. The Balaban J connectivity index is 1.84. The lowest BCUT2D eigenvalue weighted by Gasteiger charge is -2.11. The fourth-order valence-corrected chi connectivity index (χ4v) is 2.30. The SMILES string of the molecule is CCCCNc1nc(NCCOCCOCCN)nc(NCc2ccccn2)n1. The molecule has 0 radical (unpaired) electrons. The van der Waals surface area contributed by atoms with Crippen LogP contribution in [0.2, 0.25) is 0 Å². The van der Waals surface area contributed by atoms with Crippen molar-refractivity contribution < 1.29 is 9.47 Å². The molecule has 0 saturated heterocycles. The molecule has 0 amide bonds. The number of aromatic nitrogens is 4. The average Bonchev–Trinajstić information content (AvgIpc) is 2.75. The van der Waals surface area contributed by atoms with Gasteiger partial charge in [0.1, 0.15) is 0 Å². The van der Waals surface area contributed by atoms with Crippen LogP contribution in [0.1, 0.15) is 25.5 Å². The highest BCUT2D eigenvalue weighted by Gasteiger charge is 2.06. The highest BCUT2D eigenvalue weighted by Crippen LogP contribution is 2.10. The molecule has 29 heavy (non-hydrogen) atoms. The number of anilines is 3. The van der Waals surface area contributed by atoms with E-state index >= 15 is 0 Å². The summed E-state index contributed by atoms with van der Waals surface area (Å²) >= 11 is 0. The van der Waals surface area contributed by atoms with Gasteiger partial charge in [0.15, 0.2) is 0 Å². The van der Waals surface area contributed by atoms with Gasteiger partial charge in [-0.05, 0) is 18.6 Å². The van der Waals surface area contributed by atoms with E-state index in [1.54, 1.807) is 6.20 Å². The minimum atomic E-state index is 0.489. The van der Waals surface area contributed by atoms with Crippen molar-refractivity contribution in [3.63, 3.8) is 0 Å². The minimum absolute atomic E-state index is 0.489. The summed E-state index contributed by atoms with van der Waals surface area (Å²) in [6, 6.07) is 5.78. The van der Waals surface area contributed by atoms with Gasteiger partial charge in [-0.1, -0.05) is 19.4 Å². The predicted molar refractivity (Wildman–Crippen MR) is 114 cm³/mol. The lowest BCUT2D eigenvalue weighted by Crippen LogP contribution is -2.17. The van der Waals surface area contributed by atoms with Crippen molar-refractivity contribution in [2.24, 2.45) is 5.73 Å². The molecule has 0 bridgehead atoms. The first kappa shape index (κ1) is 22.7. The number of hydrogen-bond acceptors (Lipinski definition) is 10. The number of ether oxygens (including phenoxy) is 2. The molecule has 0 spiro atoms. The summed E-state index contributed by atoms with van der Waals surface area (Å²) in [6.45, 7) is 6.72. The molecule has 0 unspecified atom stereocenters. The van der Waals surface area contributed by atoms with Crippen LogP contribution in [-0.4, -0.2) is 66.0 Å². The van der Waals surface area contributed by atoms with Gasteiger partial charge in [-0.2, -0.15) is 15.0 Å². The molecule has 2 aromatic rings. The van der Waals surface area contributed by atoms with Crippen molar-refractivity contribution >= 4 is 17.8 Å². The molecular formula is C19H32N8O2. The molecule has 160 valence electrons. The first-order valence-corrected chi connectivity index (χ1v) is 10.0. The maximum Gasteiger partial charge on any atom is 0.229 e. The van der Waals surface area contributed by atoms with Crippen LogP contribution in [0.5, 0.6) is 0 Å². The number of nitrogens with one attached hydrogen (secondary N) is 3. The topological polar surface area (TPSA) is 132 Å². The smallest absolute Gasteiger partial charge is 0.229 e. The second kappa shape index (κ2) is 14.4. The van der Waals surface area contributed by atoms with E-state index in [1.165, 1.54) is 0 Å². The molecule has 2 rings (SSSR count). The van der Waals surface area contributed by atoms with Crippen LogP contribution in [0.4, 0.5) is 17.8 Å². The zero-order valence-corrected chi connectivity index (χ0v) is 17.1. The van der Waals surface area contributed by atoms with Crippen molar-refractivity contribution in [3.05, 3.63) is 30.1 Å². The van der Waals surface area contributed by atoms with Gasteiger partial charge in [-0.15, -0.1) is 0 Å². The van der Waals surface area contributed by atoms with Gasteiger partial charge in [-0.25, -0.2) is 0 Å². The summed E-state index contributed by atoms with van der Waals surface area (Å²) in [5.74, 6) is 1.52. The zero-order valence-electron chi connectivity index (χ0n) is 17.1. The van der Waals surface area contributed by atoms with Gasteiger partial charge < -0.3 is 31.2 Å². The van der Waals surface area contributed by atoms with Crippen molar-refractivity contribution in [1.29, 1.82) is 0 Å². The van der Waals surface area contributed by atoms with Crippen molar-refractivity contribution in [2.45, 2.75) is 26.3 Å². The molecule has 0 aliphatic carbocycles. The highest BCUT2D eigenvalue weighted by atomic mass is 16.5. The summed E-state index contributed by atoms with van der Waals surface area (Å²) in [5.41, 5.74) is 6.27. The van der Waals surface area contributed by atoms with Crippen LogP contribution in [0.3, 0.4) is 0 Å². The van der Waals surface area contributed by atoms with E-state index in [9.17, 15) is 0 Å². The van der Waals surface area contributed by atoms with E-state index in [4.69, 9.17) is 15.2 Å². The van der Waals surface area contributed by atoms with Gasteiger partial charge in [0.05, 0.1) is 38.7 Å². The Hall–Kier alpha value is -2.56. The predicted octanol–water partition coefficient (Wildman–Crippen LogP) is 1.49. The quantitative estimate of drug-likeness (QED) is 0.305. The first-order chi connectivity index (χ1) is 14.3. The highest BCUT2D eigenvalue weighted by molar-refractivity contribution is 5.42. The molecule has 2 heterocycles. The second-order valence-electron chi connectivity index (χ2n) is 6.20. The van der Waals surface area contributed by atoms with E-state index < -0.39 is 0 Å². The molecule has 2 aromatic heterocycles. The molecule has 0 aromatic carbocycles. The Bertz CT molecular complexity index is 675. The minimum Gasteiger partial charge on any atom is -0.378 e. The number of hydrogen-bond donors (Lipinski definition) is 4. The van der Waals surface area contributed by atoms with Gasteiger partial charge in [0.2, 0.25) is 17.8 Å². The standard InChI is InChI=1S/C19H32N8O2/c1-2-3-8-22-17-25-18(23-10-12-29-14-13-28-11-7-20)27-19(26-17)24-15-16-6-4-5-9-21-16/h4-6,9H,2-3,7-8,10-15,20H2,1H3,(H3,22,23,24,25,26,27). The summed E-state index contributed by atoms with van der Waals surface area (Å²) in [7, 11) is 0. The molecule has 10 heteroatoms. The van der Waals surface area contributed by atoms with Gasteiger partial charge in [0, 0.05) is 25.8 Å². The third-order valence-electron chi connectivity index (χ3n) is 3.77. The number of pyridine rings is 1. The molecule has 5 N–H and O–H groups in total. The molecule has 0 saturated carbocycles. The summed E-state index contributed by atoms with van der Waals surface area (Å²) in [4.78, 5) is 17.6. The van der Waals surface area contributed by atoms with Crippen LogP contribution in [-0.2, 0) is 16.0 Å².